The van der Waals surface area contributed by atoms with Gasteiger partial charge in [0.2, 0.25) is 0 Å². The molecule has 118 heavy (non-hydrogen) atoms. The Hall–Kier alpha value is -13.3. The predicted molar refractivity (Wildman–Crippen MR) is 521 cm³/mol. The van der Waals surface area contributed by atoms with E-state index in [9.17, 15) is 0 Å². The van der Waals surface area contributed by atoms with Crippen LogP contribution < -0.4 is 0 Å². The van der Waals surface area contributed by atoms with Crippen LogP contribution in [0.5, 0.6) is 0 Å². The van der Waals surface area contributed by atoms with Gasteiger partial charge in [-0.2, -0.15) is 0 Å². The quantitative estimate of drug-likeness (QED) is 0.155. The standard InChI is InChI=1S/C28H22.2C16H14.C14H14.3C12H12.C8H10/c1-19-11-15-21(16-12-19)27-23-7-3-5-9-25(23)28(22-17-13-20(2)14-18-22)26-10-6-4-8-24(26)27;1-11-13-7-3-5-9-15(13)12(2)16-10-6-4-8-14(11)16;1-11-7-8-12(2)16-10-14-6-4-3-5-13(14)9-15(11)16;1-11-3-7-13(8-4-11)14-9-5-12(2)6-10-14;1-9-3-5-12-8-10(2)4-6-11(12)7-9;1-9-5-3-8-12-10(2)6-4-7-11(9)12;1-9-7-8-10(2)12-6-4-3-5-11(9)12;1-7-3-5-8(2)6-4-7/h3-18H,1-2H3;2*3-10H,1-2H3;3-10H,1-2H3;3*3-8H,1-2H3;3-6H,1-2H3. The van der Waals surface area contributed by atoms with Crippen LogP contribution in [0.2, 0.25) is 0 Å². The van der Waals surface area contributed by atoms with Gasteiger partial charge in [0.05, 0.1) is 0 Å². The second-order valence-electron chi connectivity index (χ2n) is 32.1. The molecule has 0 unspecified atom stereocenters. The average Bonchev–Trinajstić information content (AvgIpc) is 0.737. The zero-order chi connectivity index (χ0) is 82.9. The van der Waals surface area contributed by atoms with Crippen LogP contribution in [0, 0.1) is 111 Å². The summed E-state index contributed by atoms with van der Waals surface area (Å²) >= 11 is 0. The summed E-state index contributed by atoms with van der Waals surface area (Å²) in [6, 6.07) is 135. The van der Waals surface area contributed by atoms with Crippen molar-refractivity contribution in [1.29, 1.82) is 0 Å². The molecule has 0 heterocycles. The first-order valence-corrected chi connectivity index (χ1v) is 41.5. The van der Waals surface area contributed by atoms with E-state index in [1.165, 1.54) is 219 Å². The Morgan fingerprint density at radius 2 is 0.314 bits per heavy atom. The highest BCUT2D eigenvalue weighted by molar-refractivity contribution is 6.21. The van der Waals surface area contributed by atoms with E-state index in [-0.39, 0.29) is 0 Å². The van der Waals surface area contributed by atoms with Gasteiger partial charge in [-0.25, -0.2) is 0 Å². The number of rotatable bonds is 3. The third-order valence-corrected chi connectivity index (χ3v) is 22.9. The number of benzene rings is 20. The molecule has 0 heteroatoms. The molecular weight excluding hydrogens is 1420 g/mol. The normalized spacial score (nSPS) is 10.7. The third kappa shape index (κ3) is 20.0. The summed E-state index contributed by atoms with van der Waals surface area (Å²) in [5.74, 6) is 0. The van der Waals surface area contributed by atoms with Gasteiger partial charge in [-0.1, -0.05) is 408 Å². The summed E-state index contributed by atoms with van der Waals surface area (Å²) in [7, 11) is 0. The topological polar surface area (TPSA) is 0 Å². The van der Waals surface area contributed by atoms with Crippen molar-refractivity contribution in [3.05, 3.63) is 465 Å². The Morgan fingerprint density at radius 3 is 0.593 bits per heavy atom. The summed E-state index contributed by atoms with van der Waals surface area (Å²) in [4.78, 5) is 0. The fourth-order valence-corrected chi connectivity index (χ4v) is 15.9. The molecule has 0 N–H and O–H groups in total. The summed E-state index contributed by atoms with van der Waals surface area (Å²) < 4.78 is 0. The Kier molecular flexibility index (Phi) is 27.0. The van der Waals surface area contributed by atoms with Crippen LogP contribution in [-0.4, -0.2) is 0 Å². The molecule has 0 amide bonds. The van der Waals surface area contributed by atoms with Gasteiger partial charge >= 0.3 is 0 Å². The smallest absolute Gasteiger partial charge is 0.00264 e. The van der Waals surface area contributed by atoms with Crippen molar-refractivity contribution < 1.29 is 0 Å². The summed E-state index contributed by atoms with van der Waals surface area (Å²) in [5, 5.41) is 24.3. The van der Waals surface area contributed by atoms with Crippen molar-refractivity contribution in [3.8, 4) is 33.4 Å². The molecule has 0 fully saturated rings. The fraction of sp³-hybridized carbons (Fsp3) is 0.136. The van der Waals surface area contributed by atoms with Crippen molar-refractivity contribution in [2.75, 3.05) is 0 Å². The molecule has 0 saturated heterocycles. The van der Waals surface area contributed by atoms with Gasteiger partial charge in [0.25, 0.3) is 0 Å². The van der Waals surface area contributed by atoms with Crippen LogP contribution in [0.4, 0.5) is 0 Å². The van der Waals surface area contributed by atoms with Crippen LogP contribution >= 0.6 is 0 Å². The van der Waals surface area contributed by atoms with E-state index in [2.05, 4.69) is 487 Å². The van der Waals surface area contributed by atoms with Gasteiger partial charge in [-0.3, -0.25) is 0 Å². The molecule has 0 aliphatic carbocycles. The second kappa shape index (κ2) is 38.5. The highest BCUT2D eigenvalue weighted by Gasteiger charge is 2.17. The van der Waals surface area contributed by atoms with Gasteiger partial charge in [0.1, 0.15) is 0 Å². The van der Waals surface area contributed by atoms with Crippen LogP contribution in [0.3, 0.4) is 0 Å². The minimum atomic E-state index is 1.27. The highest BCUT2D eigenvalue weighted by Crippen LogP contribution is 2.44. The molecule has 0 nitrogen and oxygen atoms in total. The summed E-state index contributed by atoms with van der Waals surface area (Å²) in [6.07, 6.45) is 0. The van der Waals surface area contributed by atoms with E-state index in [0.717, 1.165) is 0 Å². The minimum absolute atomic E-state index is 1.27. The van der Waals surface area contributed by atoms with Crippen LogP contribution in [0.25, 0.3) is 130 Å². The van der Waals surface area contributed by atoms with Crippen molar-refractivity contribution >= 4 is 97.0 Å². The van der Waals surface area contributed by atoms with Gasteiger partial charge in [-0.05, 0) is 298 Å². The number of fused-ring (bicyclic) bond motifs is 9. The van der Waals surface area contributed by atoms with Crippen molar-refractivity contribution in [2.45, 2.75) is 111 Å². The molecule has 0 spiro atoms. The molecular formula is C118H110. The highest BCUT2D eigenvalue weighted by atomic mass is 14.2. The van der Waals surface area contributed by atoms with E-state index >= 15 is 0 Å². The Balaban J connectivity index is 0.000000120. The Bertz CT molecular complexity index is 6290. The van der Waals surface area contributed by atoms with Crippen molar-refractivity contribution in [3.63, 3.8) is 0 Å². The third-order valence-electron chi connectivity index (χ3n) is 22.9. The zero-order valence-corrected chi connectivity index (χ0v) is 71.8. The van der Waals surface area contributed by atoms with Crippen molar-refractivity contribution in [2.24, 2.45) is 0 Å². The molecule has 0 aromatic heterocycles. The van der Waals surface area contributed by atoms with Gasteiger partial charge in [0.15, 0.2) is 0 Å². The van der Waals surface area contributed by atoms with E-state index in [1.54, 1.807) is 0 Å². The van der Waals surface area contributed by atoms with Gasteiger partial charge < -0.3 is 0 Å². The molecule has 582 valence electrons. The average molecular weight is 1530 g/mol. The van der Waals surface area contributed by atoms with E-state index in [4.69, 9.17) is 0 Å². The van der Waals surface area contributed by atoms with Crippen molar-refractivity contribution in [1.82, 2.24) is 0 Å². The van der Waals surface area contributed by atoms with Crippen LogP contribution in [0.15, 0.2) is 376 Å². The molecule has 20 aromatic rings. The Labute approximate surface area is 701 Å². The summed E-state index contributed by atoms with van der Waals surface area (Å²) in [6.45, 7) is 34.3. The molecule has 0 radical (unpaired) electrons. The Morgan fingerprint density at radius 1 is 0.119 bits per heavy atom. The fourth-order valence-electron chi connectivity index (χ4n) is 15.9. The summed E-state index contributed by atoms with van der Waals surface area (Å²) in [5.41, 5.74) is 29.2. The maximum atomic E-state index is 2.30. The van der Waals surface area contributed by atoms with Crippen LogP contribution in [0.1, 0.15) is 89.0 Å². The minimum Gasteiger partial charge on any atom is -0.0616 e. The lowest BCUT2D eigenvalue weighted by atomic mass is 9.86. The van der Waals surface area contributed by atoms with Crippen LogP contribution in [-0.2, 0) is 0 Å². The molecule has 0 atom stereocenters. The molecule has 0 saturated carbocycles. The van der Waals surface area contributed by atoms with Gasteiger partial charge in [0, 0.05) is 0 Å². The lowest BCUT2D eigenvalue weighted by Gasteiger charge is -2.17. The van der Waals surface area contributed by atoms with E-state index < -0.39 is 0 Å². The molecule has 20 aromatic carbocycles. The molecule has 0 aliphatic rings. The second-order valence-corrected chi connectivity index (χ2v) is 32.1. The molecule has 20 rings (SSSR count). The first-order valence-electron chi connectivity index (χ1n) is 41.5. The number of aryl methyl sites for hydroxylation is 16. The number of hydrogen-bond acceptors (Lipinski definition) is 0. The largest absolute Gasteiger partial charge is 0.0616 e. The molecule has 0 aliphatic heterocycles. The SMILES string of the molecule is Cc1c2ccccc2c(C)c2ccccc12.Cc1ccc(-c2c3ccccc3c(-c3ccc(C)cc3)c3ccccc23)cc1.Cc1ccc(-c2ccc(C)cc2)cc1.Cc1ccc(C)c2cc3ccccc3cc12.Cc1ccc(C)c2ccccc12.Cc1ccc(C)cc1.Cc1ccc2cc(C)ccc2c1.Cc1cccc2c(C)cccc12. The molecule has 0 bridgehead atoms. The lowest BCUT2D eigenvalue weighted by molar-refractivity contribution is 1.40. The van der Waals surface area contributed by atoms with E-state index in [1.807, 2.05) is 0 Å². The maximum Gasteiger partial charge on any atom is -0.00264 e. The predicted octanol–water partition coefficient (Wildman–Crippen LogP) is 33.8. The monoisotopic (exact) mass is 1530 g/mol. The first kappa shape index (κ1) is 82.7. The first-order chi connectivity index (χ1) is 57.1. The van der Waals surface area contributed by atoms with E-state index in [0.29, 0.717) is 0 Å². The van der Waals surface area contributed by atoms with Gasteiger partial charge in [-0.15, -0.1) is 0 Å². The lowest BCUT2D eigenvalue weighted by Crippen LogP contribution is -1.90. The zero-order valence-electron chi connectivity index (χ0n) is 71.8. The maximum absolute atomic E-state index is 2.30. The number of hydrogen-bond donors (Lipinski definition) is 0.